The van der Waals surface area contributed by atoms with Crippen LogP contribution in [0.4, 0.5) is 0 Å². The zero-order chi connectivity index (χ0) is 16.3. The summed E-state index contributed by atoms with van der Waals surface area (Å²) in [6.07, 6.45) is 6.89. The van der Waals surface area contributed by atoms with Crippen LogP contribution in [0.2, 0.25) is 0 Å². The van der Waals surface area contributed by atoms with Gasteiger partial charge in [0, 0.05) is 11.3 Å². The third-order valence-corrected chi connectivity index (χ3v) is 5.03. The first-order valence-electron chi connectivity index (χ1n) is 7.98. The molecular formula is C18H26N2OS. The number of rotatable bonds is 5. The molecule has 0 saturated carbocycles. The van der Waals surface area contributed by atoms with Crippen LogP contribution in [0.5, 0.6) is 0 Å². The quantitative estimate of drug-likeness (QED) is 0.860. The minimum Gasteiger partial charge on any atom is -0.348 e. The number of amides is 1. The minimum atomic E-state index is -0.0246. The predicted octanol–water partition coefficient (Wildman–Crippen LogP) is 4.63. The number of carbonyl (C=O) groups is 1. The van der Waals surface area contributed by atoms with Gasteiger partial charge in [0.15, 0.2) is 0 Å². The number of nitrogens with one attached hydrogen (secondary N) is 1. The Morgan fingerprint density at radius 2 is 2.00 bits per heavy atom. The van der Waals surface area contributed by atoms with Crippen molar-refractivity contribution in [2.45, 2.75) is 59.9 Å². The highest BCUT2D eigenvalue weighted by molar-refractivity contribution is 7.11. The molecule has 0 saturated heterocycles. The summed E-state index contributed by atoms with van der Waals surface area (Å²) < 4.78 is 0. The van der Waals surface area contributed by atoms with E-state index in [1.54, 1.807) is 11.3 Å². The smallest absolute Gasteiger partial charge is 0.224 e. The van der Waals surface area contributed by atoms with Crippen molar-refractivity contribution in [3.8, 4) is 0 Å². The molecule has 4 heteroatoms. The van der Waals surface area contributed by atoms with Crippen molar-refractivity contribution in [1.82, 2.24) is 10.3 Å². The largest absolute Gasteiger partial charge is 0.348 e. The summed E-state index contributed by atoms with van der Waals surface area (Å²) in [4.78, 5) is 17.9. The standard InChI is InChI=1S/C18H26N2OS/c1-11(2)16-8-6-15(7-9-16)10-17(21)19-12(3)18-13(4)22-14(5)20-18/h6,8,11-12H,7,9-10H2,1-5H3,(H,19,21). The Morgan fingerprint density at radius 3 is 2.50 bits per heavy atom. The van der Waals surface area contributed by atoms with Gasteiger partial charge in [-0.05, 0) is 39.5 Å². The molecule has 1 unspecified atom stereocenters. The maximum atomic E-state index is 12.2. The predicted molar refractivity (Wildman–Crippen MR) is 93.0 cm³/mol. The van der Waals surface area contributed by atoms with E-state index in [-0.39, 0.29) is 11.9 Å². The van der Waals surface area contributed by atoms with Gasteiger partial charge < -0.3 is 5.32 Å². The van der Waals surface area contributed by atoms with E-state index in [1.165, 1.54) is 16.0 Å². The lowest BCUT2D eigenvalue weighted by Gasteiger charge is -2.18. The molecule has 3 nitrogen and oxygen atoms in total. The summed E-state index contributed by atoms with van der Waals surface area (Å²) in [6.45, 7) is 10.5. The van der Waals surface area contributed by atoms with Gasteiger partial charge in [0.1, 0.15) is 0 Å². The Labute approximate surface area is 137 Å². The second-order valence-electron chi connectivity index (χ2n) is 6.36. The molecule has 22 heavy (non-hydrogen) atoms. The van der Waals surface area contributed by atoms with Crippen LogP contribution in [0.25, 0.3) is 0 Å². The molecule has 1 aromatic heterocycles. The summed E-state index contributed by atoms with van der Waals surface area (Å²) in [5.74, 6) is 0.688. The molecule has 0 aliphatic heterocycles. The molecule has 1 aromatic rings. The Bertz CT molecular complexity index is 611. The molecule has 1 aliphatic rings. The summed E-state index contributed by atoms with van der Waals surface area (Å²) in [7, 11) is 0. The van der Waals surface area contributed by atoms with E-state index in [4.69, 9.17) is 0 Å². The molecule has 1 heterocycles. The van der Waals surface area contributed by atoms with Crippen LogP contribution < -0.4 is 5.32 Å². The average molecular weight is 318 g/mol. The molecule has 0 radical (unpaired) electrons. The van der Waals surface area contributed by atoms with E-state index in [0.717, 1.165) is 23.5 Å². The summed E-state index contributed by atoms with van der Waals surface area (Å²) in [5, 5.41) is 4.13. The molecule has 0 bridgehead atoms. The first-order chi connectivity index (χ1) is 10.4. The lowest BCUT2D eigenvalue weighted by atomic mass is 9.90. The van der Waals surface area contributed by atoms with E-state index in [0.29, 0.717) is 12.3 Å². The lowest BCUT2D eigenvalue weighted by Crippen LogP contribution is -2.27. The molecule has 1 atom stereocenters. The van der Waals surface area contributed by atoms with Gasteiger partial charge in [0.2, 0.25) is 5.91 Å². The normalized spacial score (nSPS) is 16.3. The number of allylic oxidation sites excluding steroid dienone is 3. The highest BCUT2D eigenvalue weighted by Crippen LogP contribution is 2.26. The van der Waals surface area contributed by atoms with Crippen LogP contribution in [-0.2, 0) is 4.79 Å². The second kappa shape index (κ2) is 7.23. The van der Waals surface area contributed by atoms with E-state index in [1.807, 2.05) is 13.8 Å². The molecule has 1 aliphatic carbocycles. The number of aryl methyl sites for hydroxylation is 2. The molecule has 1 amide bonds. The topological polar surface area (TPSA) is 42.0 Å². The van der Waals surface area contributed by atoms with Crippen molar-refractivity contribution < 1.29 is 4.79 Å². The maximum Gasteiger partial charge on any atom is 0.224 e. The highest BCUT2D eigenvalue weighted by Gasteiger charge is 2.17. The van der Waals surface area contributed by atoms with Crippen LogP contribution in [0.15, 0.2) is 23.3 Å². The molecule has 1 N–H and O–H groups in total. The number of carbonyl (C=O) groups excluding carboxylic acids is 1. The third-order valence-electron chi connectivity index (χ3n) is 4.12. The Morgan fingerprint density at radius 1 is 1.27 bits per heavy atom. The van der Waals surface area contributed by atoms with E-state index < -0.39 is 0 Å². The van der Waals surface area contributed by atoms with E-state index in [2.05, 4.69) is 43.2 Å². The molecular weight excluding hydrogens is 292 g/mol. The Hall–Kier alpha value is -1.42. The first kappa shape index (κ1) is 16.9. The van der Waals surface area contributed by atoms with Crippen molar-refractivity contribution in [2.24, 2.45) is 5.92 Å². The Kier molecular flexibility index (Phi) is 5.57. The first-order valence-corrected chi connectivity index (χ1v) is 8.80. The minimum absolute atomic E-state index is 0.0246. The van der Waals surface area contributed by atoms with Gasteiger partial charge in [-0.2, -0.15) is 0 Å². The average Bonchev–Trinajstić information content (AvgIpc) is 2.78. The van der Waals surface area contributed by atoms with Crippen LogP contribution in [0.1, 0.15) is 61.7 Å². The third kappa shape index (κ3) is 4.29. The molecule has 2 rings (SSSR count). The maximum absolute atomic E-state index is 12.2. The molecule has 0 aromatic carbocycles. The molecule has 0 spiro atoms. The van der Waals surface area contributed by atoms with E-state index >= 15 is 0 Å². The number of hydrogen-bond donors (Lipinski definition) is 1. The SMILES string of the molecule is Cc1nc(C(C)NC(=O)CC2=CC=C(C(C)C)CC2)c(C)s1. The van der Waals surface area contributed by atoms with Crippen molar-refractivity contribution in [2.75, 3.05) is 0 Å². The number of hydrogen-bond acceptors (Lipinski definition) is 3. The van der Waals surface area contributed by atoms with Crippen molar-refractivity contribution >= 4 is 17.2 Å². The van der Waals surface area contributed by atoms with Crippen molar-refractivity contribution in [1.29, 1.82) is 0 Å². The van der Waals surface area contributed by atoms with Gasteiger partial charge in [-0.1, -0.05) is 37.1 Å². The Balaban J connectivity index is 1.92. The lowest BCUT2D eigenvalue weighted by molar-refractivity contribution is -0.121. The van der Waals surface area contributed by atoms with Gasteiger partial charge in [-0.15, -0.1) is 11.3 Å². The number of nitrogens with zero attached hydrogens (tertiary/aromatic N) is 1. The van der Waals surface area contributed by atoms with Crippen LogP contribution >= 0.6 is 11.3 Å². The summed E-state index contributed by atoms with van der Waals surface area (Å²) >= 11 is 1.68. The van der Waals surface area contributed by atoms with Gasteiger partial charge >= 0.3 is 0 Å². The van der Waals surface area contributed by atoms with Crippen molar-refractivity contribution in [3.05, 3.63) is 38.9 Å². The van der Waals surface area contributed by atoms with Gasteiger partial charge in [-0.3, -0.25) is 4.79 Å². The fraction of sp³-hybridized carbons (Fsp3) is 0.556. The zero-order valence-corrected chi connectivity index (χ0v) is 15.0. The van der Waals surface area contributed by atoms with E-state index in [9.17, 15) is 4.79 Å². The summed E-state index contributed by atoms with van der Waals surface area (Å²) in [5.41, 5.74) is 3.70. The fourth-order valence-corrected chi connectivity index (χ4v) is 3.75. The highest BCUT2D eigenvalue weighted by atomic mass is 32.1. The van der Waals surface area contributed by atoms with Gasteiger partial charge in [0.05, 0.1) is 16.7 Å². The second-order valence-corrected chi connectivity index (χ2v) is 7.77. The number of aromatic nitrogens is 1. The zero-order valence-electron chi connectivity index (χ0n) is 14.2. The van der Waals surface area contributed by atoms with Gasteiger partial charge in [0.25, 0.3) is 0 Å². The molecule has 120 valence electrons. The summed E-state index contributed by atoms with van der Waals surface area (Å²) in [6, 6.07) is -0.0246. The van der Waals surface area contributed by atoms with Crippen LogP contribution in [0.3, 0.4) is 0 Å². The monoisotopic (exact) mass is 318 g/mol. The van der Waals surface area contributed by atoms with Crippen molar-refractivity contribution in [3.63, 3.8) is 0 Å². The molecule has 0 fully saturated rings. The van der Waals surface area contributed by atoms with Crippen LogP contribution in [-0.4, -0.2) is 10.9 Å². The van der Waals surface area contributed by atoms with Crippen LogP contribution in [0, 0.1) is 19.8 Å². The fourth-order valence-electron chi connectivity index (χ4n) is 2.84. The number of thiazole rings is 1. The van der Waals surface area contributed by atoms with Gasteiger partial charge in [-0.25, -0.2) is 4.98 Å².